The van der Waals surface area contributed by atoms with Crippen molar-refractivity contribution in [3.05, 3.63) is 63.1 Å². The van der Waals surface area contributed by atoms with Crippen molar-refractivity contribution in [1.29, 1.82) is 0 Å². The predicted molar refractivity (Wildman–Crippen MR) is 87.4 cm³/mol. The molecule has 24 heavy (non-hydrogen) atoms. The van der Waals surface area contributed by atoms with E-state index in [0.29, 0.717) is 5.69 Å². The SMILES string of the molecule is CCOC(=O)c1c(C)nn2c(O)c(Cc3ccccc3)c(=O)[nH]c12. The van der Waals surface area contributed by atoms with E-state index < -0.39 is 11.5 Å². The number of rotatable bonds is 4. The van der Waals surface area contributed by atoms with Crippen LogP contribution >= 0.6 is 0 Å². The normalized spacial score (nSPS) is 10.9. The van der Waals surface area contributed by atoms with E-state index in [1.165, 1.54) is 4.52 Å². The quantitative estimate of drug-likeness (QED) is 0.712. The fourth-order valence-corrected chi connectivity index (χ4v) is 2.62. The molecule has 2 aromatic heterocycles. The lowest BCUT2D eigenvalue weighted by molar-refractivity contribution is 0.0527. The molecule has 0 unspecified atom stereocenters. The van der Waals surface area contributed by atoms with Crippen LogP contribution in [0.5, 0.6) is 5.88 Å². The number of hydrogen-bond donors (Lipinski definition) is 2. The standard InChI is InChI=1S/C17H17N3O4/c1-3-24-17(23)13-10(2)19-20-14(13)18-15(21)12(16(20)22)9-11-7-5-4-6-8-11/h4-8,22H,3,9H2,1-2H3,(H,18,21). The molecule has 0 fully saturated rings. The van der Waals surface area contributed by atoms with Gasteiger partial charge in [0.25, 0.3) is 5.56 Å². The summed E-state index contributed by atoms with van der Waals surface area (Å²) in [6, 6.07) is 9.31. The van der Waals surface area contributed by atoms with Crippen molar-refractivity contribution in [3.8, 4) is 5.88 Å². The molecular formula is C17H17N3O4. The maximum atomic E-state index is 12.4. The molecule has 0 bridgehead atoms. The van der Waals surface area contributed by atoms with Crippen molar-refractivity contribution >= 4 is 11.6 Å². The molecule has 3 rings (SSSR count). The van der Waals surface area contributed by atoms with Gasteiger partial charge in [-0.15, -0.1) is 0 Å². The molecule has 0 spiro atoms. The fourth-order valence-electron chi connectivity index (χ4n) is 2.62. The molecule has 0 aliphatic rings. The number of esters is 1. The van der Waals surface area contributed by atoms with Gasteiger partial charge in [-0.3, -0.25) is 4.79 Å². The van der Waals surface area contributed by atoms with Gasteiger partial charge in [0.05, 0.1) is 17.9 Å². The Morgan fingerprint density at radius 3 is 2.71 bits per heavy atom. The lowest BCUT2D eigenvalue weighted by atomic mass is 10.1. The van der Waals surface area contributed by atoms with E-state index in [4.69, 9.17) is 4.74 Å². The zero-order valence-corrected chi connectivity index (χ0v) is 13.4. The average molecular weight is 327 g/mol. The number of H-pyrrole nitrogens is 1. The van der Waals surface area contributed by atoms with E-state index in [9.17, 15) is 14.7 Å². The number of ether oxygens (including phenoxy) is 1. The maximum Gasteiger partial charge on any atom is 0.343 e. The van der Waals surface area contributed by atoms with Crippen molar-refractivity contribution in [3.63, 3.8) is 0 Å². The van der Waals surface area contributed by atoms with E-state index in [1.54, 1.807) is 13.8 Å². The van der Waals surface area contributed by atoms with E-state index in [0.717, 1.165) is 5.56 Å². The second-order valence-electron chi connectivity index (χ2n) is 5.36. The first-order valence-electron chi connectivity index (χ1n) is 7.57. The second kappa shape index (κ2) is 6.19. The van der Waals surface area contributed by atoms with Crippen LogP contribution in [0.4, 0.5) is 0 Å². The largest absolute Gasteiger partial charge is 0.493 e. The van der Waals surface area contributed by atoms with Gasteiger partial charge >= 0.3 is 5.97 Å². The van der Waals surface area contributed by atoms with Gasteiger partial charge in [0, 0.05) is 6.42 Å². The number of fused-ring (bicyclic) bond motifs is 1. The van der Waals surface area contributed by atoms with Crippen LogP contribution in [-0.4, -0.2) is 32.3 Å². The molecule has 1 aromatic carbocycles. The minimum absolute atomic E-state index is 0.130. The van der Waals surface area contributed by atoms with Crippen molar-refractivity contribution in [2.24, 2.45) is 0 Å². The zero-order valence-electron chi connectivity index (χ0n) is 13.4. The number of aryl methyl sites for hydroxylation is 1. The number of carbonyl (C=O) groups is 1. The smallest absolute Gasteiger partial charge is 0.343 e. The molecule has 3 aromatic rings. The highest BCUT2D eigenvalue weighted by atomic mass is 16.5. The van der Waals surface area contributed by atoms with Gasteiger partial charge in [-0.2, -0.15) is 9.61 Å². The summed E-state index contributed by atoms with van der Waals surface area (Å²) in [4.78, 5) is 27.1. The summed E-state index contributed by atoms with van der Waals surface area (Å²) in [6.07, 6.45) is 0.256. The van der Waals surface area contributed by atoms with Crippen LogP contribution in [0, 0.1) is 6.92 Å². The third-order valence-electron chi connectivity index (χ3n) is 3.74. The number of aromatic amines is 1. The molecular weight excluding hydrogens is 310 g/mol. The first kappa shape index (κ1) is 15.8. The Morgan fingerprint density at radius 2 is 2.04 bits per heavy atom. The molecule has 7 heteroatoms. The van der Waals surface area contributed by atoms with Crippen LogP contribution in [0.3, 0.4) is 0 Å². The van der Waals surface area contributed by atoms with Crippen LogP contribution in [0.25, 0.3) is 5.65 Å². The minimum atomic E-state index is -0.587. The van der Waals surface area contributed by atoms with Gasteiger partial charge in [0.1, 0.15) is 5.56 Å². The van der Waals surface area contributed by atoms with Crippen molar-refractivity contribution in [2.45, 2.75) is 20.3 Å². The van der Waals surface area contributed by atoms with E-state index in [1.807, 2.05) is 30.3 Å². The summed E-state index contributed by atoms with van der Waals surface area (Å²) in [7, 11) is 0. The third-order valence-corrected chi connectivity index (χ3v) is 3.74. The van der Waals surface area contributed by atoms with Crippen molar-refractivity contribution in [2.75, 3.05) is 6.61 Å². The summed E-state index contributed by atoms with van der Waals surface area (Å²) in [5.74, 6) is -0.868. The Labute approximate surface area is 137 Å². The first-order valence-corrected chi connectivity index (χ1v) is 7.57. The van der Waals surface area contributed by atoms with Gasteiger partial charge < -0.3 is 14.8 Å². The highest BCUT2D eigenvalue weighted by Gasteiger charge is 2.23. The Hall–Kier alpha value is -3.09. The summed E-state index contributed by atoms with van der Waals surface area (Å²) in [5, 5.41) is 14.6. The number of aromatic nitrogens is 3. The van der Waals surface area contributed by atoms with Gasteiger partial charge in [-0.25, -0.2) is 4.79 Å². The minimum Gasteiger partial charge on any atom is -0.493 e. The molecule has 0 saturated heterocycles. The van der Waals surface area contributed by atoms with Gasteiger partial charge in [0.15, 0.2) is 5.65 Å². The predicted octanol–water partition coefficient (Wildman–Crippen LogP) is 1.80. The number of hydrogen-bond acceptors (Lipinski definition) is 5. The van der Waals surface area contributed by atoms with Gasteiger partial charge in [0.2, 0.25) is 5.88 Å². The van der Waals surface area contributed by atoms with Crippen LogP contribution in [0.15, 0.2) is 35.1 Å². The second-order valence-corrected chi connectivity index (χ2v) is 5.36. The van der Waals surface area contributed by atoms with Crippen molar-refractivity contribution in [1.82, 2.24) is 14.6 Å². The molecule has 7 nitrogen and oxygen atoms in total. The summed E-state index contributed by atoms with van der Waals surface area (Å²) in [5.41, 5.74) is 1.25. The Kier molecular flexibility index (Phi) is 4.07. The molecule has 2 heterocycles. The lowest BCUT2D eigenvalue weighted by Crippen LogP contribution is -2.17. The highest BCUT2D eigenvalue weighted by molar-refractivity contribution is 5.97. The van der Waals surface area contributed by atoms with Crippen LogP contribution in [-0.2, 0) is 11.2 Å². The van der Waals surface area contributed by atoms with E-state index in [-0.39, 0.29) is 35.7 Å². The number of nitrogens with zero attached hydrogens (tertiary/aromatic N) is 2. The number of benzene rings is 1. The molecule has 0 atom stereocenters. The van der Waals surface area contributed by atoms with Gasteiger partial charge in [-0.05, 0) is 19.4 Å². The molecule has 0 aliphatic carbocycles. The third kappa shape index (κ3) is 2.64. The highest BCUT2D eigenvalue weighted by Crippen LogP contribution is 2.22. The van der Waals surface area contributed by atoms with Gasteiger partial charge in [-0.1, -0.05) is 30.3 Å². The Morgan fingerprint density at radius 1 is 1.33 bits per heavy atom. The zero-order chi connectivity index (χ0) is 17.3. The monoisotopic (exact) mass is 327 g/mol. The first-order chi connectivity index (χ1) is 11.5. The number of carbonyl (C=O) groups excluding carboxylic acids is 1. The fraction of sp³-hybridized carbons (Fsp3) is 0.235. The Bertz CT molecular complexity index is 957. The summed E-state index contributed by atoms with van der Waals surface area (Å²) < 4.78 is 6.15. The molecule has 0 amide bonds. The molecule has 0 aliphatic heterocycles. The van der Waals surface area contributed by atoms with Crippen LogP contribution < -0.4 is 5.56 Å². The molecule has 0 radical (unpaired) electrons. The van der Waals surface area contributed by atoms with Crippen LogP contribution in [0.1, 0.15) is 34.1 Å². The summed E-state index contributed by atoms with van der Waals surface area (Å²) in [6.45, 7) is 3.52. The number of aromatic hydroxyl groups is 1. The molecule has 124 valence electrons. The molecule has 2 N–H and O–H groups in total. The van der Waals surface area contributed by atoms with E-state index >= 15 is 0 Å². The topological polar surface area (TPSA) is 96.7 Å². The summed E-state index contributed by atoms with van der Waals surface area (Å²) >= 11 is 0. The Balaban J connectivity index is 2.15. The maximum absolute atomic E-state index is 12.4. The number of nitrogens with one attached hydrogen (secondary N) is 1. The molecule has 0 saturated carbocycles. The lowest BCUT2D eigenvalue weighted by Gasteiger charge is -2.06. The van der Waals surface area contributed by atoms with E-state index in [2.05, 4.69) is 10.1 Å². The average Bonchev–Trinajstić information content (AvgIpc) is 2.89. The van der Waals surface area contributed by atoms with Crippen molar-refractivity contribution < 1.29 is 14.6 Å². The van der Waals surface area contributed by atoms with Crippen LogP contribution in [0.2, 0.25) is 0 Å².